The van der Waals surface area contributed by atoms with Gasteiger partial charge in [0, 0.05) is 6.54 Å². The third-order valence-corrected chi connectivity index (χ3v) is 5.19. The summed E-state index contributed by atoms with van der Waals surface area (Å²) < 4.78 is 101. The Morgan fingerprint density at radius 2 is 1.59 bits per heavy atom. The lowest BCUT2D eigenvalue weighted by Gasteiger charge is -2.35. The van der Waals surface area contributed by atoms with Crippen molar-refractivity contribution in [2.45, 2.75) is 37.7 Å². The summed E-state index contributed by atoms with van der Waals surface area (Å²) in [6.07, 6.45) is -11.9. The van der Waals surface area contributed by atoms with Crippen LogP contribution in [-0.4, -0.2) is 26.2 Å². The molecule has 0 aliphatic carbocycles. The molecule has 2 aliphatic rings. The first kappa shape index (κ1) is 22.7. The first-order chi connectivity index (χ1) is 15.0. The molecule has 0 unspecified atom stereocenters. The number of fused-ring (bicyclic) bond motifs is 1. The molecule has 2 aromatic rings. The summed E-state index contributed by atoms with van der Waals surface area (Å²) >= 11 is 0. The average Bonchev–Trinajstić information content (AvgIpc) is 3.20. The molecule has 32 heavy (non-hydrogen) atoms. The van der Waals surface area contributed by atoms with E-state index in [0.717, 1.165) is 0 Å². The Kier molecular flexibility index (Phi) is 5.99. The Morgan fingerprint density at radius 1 is 0.938 bits per heavy atom. The van der Waals surface area contributed by atoms with Crippen molar-refractivity contribution < 1.29 is 45.3 Å². The molecular weight excluding hydrogens is 444 g/mol. The fourth-order valence-electron chi connectivity index (χ4n) is 3.57. The summed E-state index contributed by atoms with van der Waals surface area (Å²) in [5.41, 5.74) is -2.34. The minimum absolute atomic E-state index is 0.0848. The van der Waals surface area contributed by atoms with E-state index in [-0.39, 0.29) is 25.0 Å². The SMILES string of the molecule is C[C@@H](O[C@H]1OCCN[C@H]1c1ccc2c(c1)OCO2)c1cc(C(F)(F)F)cc(C(F)(F)F)c1. The molecule has 0 bridgehead atoms. The predicted octanol–water partition coefficient (Wildman–Crippen LogP) is 5.22. The molecule has 2 aromatic carbocycles. The number of halogens is 6. The lowest BCUT2D eigenvalue weighted by atomic mass is 10.0. The Morgan fingerprint density at radius 3 is 2.25 bits per heavy atom. The van der Waals surface area contributed by atoms with E-state index in [0.29, 0.717) is 35.7 Å². The molecule has 0 aromatic heterocycles. The van der Waals surface area contributed by atoms with E-state index in [2.05, 4.69) is 5.32 Å². The van der Waals surface area contributed by atoms with E-state index in [9.17, 15) is 26.3 Å². The van der Waals surface area contributed by atoms with Crippen LogP contribution in [0.25, 0.3) is 0 Å². The highest BCUT2D eigenvalue weighted by Crippen LogP contribution is 2.40. The smallest absolute Gasteiger partial charge is 0.416 e. The van der Waals surface area contributed by atoms with Crippen LogP contribution in [0.4, 0.5) is 26.3 Å². The van der Waals surface area contributed by atoms with Gasteiger partial charge < -0.3 is 24.3 Å². The summed E-state index contributed by atoms with van der Waals surface area (Å²) in [5, 5.41) is 3.20. The zero-order chi connectivity index (χ0) is 23.1. The Balaban J connectivity index is 1.60. The molecule has 2 heterocycles. The first-order valence-electron chi connectivity index (χ1n) is 9.72. The summed E-state index contributed by atoms with van der Waals surface area (Å²) in [6, 6.07) is 6.07. The third-order valence-electron chi connectivity index (χ3n) is 5.19. The van der Waals surface area contributed by atoms with Crippen molar-refractivity contribution in [1.29, 1.82) is 0 Å². The van der Waals surface area contributed by atoms with Crippen LogP contribution in [-0.2, 0) is 21.8 Å². The first-order valence-corrected chi connectivity index (χ1v) is 9.72. The second-order valence-corrected chi connectivity index (χ2v) is 7.40. The second kappa shape index (κ2) is 8.45. The van der Waals surface area contributed by atoms with Gasteiger partial charge in [0.1, 0.15) is 0 Å². The Labute approximate surface area is 179 Å². The van der Waals surface area contributed by atoms with E-state index in [1.54, 1.807) is 18.2 Å². The largest absolute Gasteiger partial charge is 0.454 e. The van der Waals surface area contributed by atoms with Gasteiger partial charge in [-0.25, -0.2) is 0 Å². The number of morpholine rings is 1. The maximum atomic E-state index is 13.2. The number of nitrogens with one attached hydrogen (secondary N) is 1. The average molecular weight is 463 g/mol. The minimum atomic E-state index is -4.94. The van der Waals surface area contributed by atoms with Gasteiger partial charge in [0.15, 0.2) is 17.8 Å². The number of hydrogen-bond donors (Lipinski definition) is 1. The van der Waals surface area contributed by atoms with Crippen LogP contribution in [0.2, 0.25) is 0 Å². The highest BCUT2D eigenvalue weighted by atomic mass is 19.4. The fraction of sp³-hybridized carbons (Fsp3) is 0.429. The van der Waals surface area contributed by atoms with Gasteiger partial charge in [-0.1, -0.05) is 6.07 Å². The van der Waals surface area contributed by atoms with Gasteiger partial charge >= 0.3 is 12.4 Å². The number of ether oxygens (including phenoxy) is 4. The Bertz CT molecular complexity index is 945. The van der Waals surface area contributed by atoms with Crippen molar-refractivity contribution in [3.05, 3.63) is 58.7 Å². The summed E-state index contributed by atoms with van der Waals surface area (Å²) in [7, 11) is 0. The molecule has 1 N–H and O–H groups in total. The molecule has 1 saturated heterocycles. The molecule has 4 rings (SSSR count). The van der Waals surface area contributed by atoms with Crippen molar-refractivity contribution in [2.24, 2.45) is 0 Å². The van der Waals surface area contributed by atoms with Gasteiger partial charge in [0.25, 0.3) is 0 Å². The van der Waals surface area contributed by atoms with Gasteiger partial charge in [0.2, 0.25) is 6.79 Å². The van der Waals surface area contributed by atoms with Crippen molar-refractivity contribution in [3.8, 4) is 11.5 Å². The van der Waals surface area contributed by atoms with Crippen molar-refractivity contribution in [1.82, 2.24) is 5.32 Å². The fourth-order valence-corrected chi connectivity index (χ4v) is 3.57. The van der Waals surface area contributed by atoms with Crippen molar-refractivity contribution >= 4 is 0 Å². The monoisotopic (exact) mass is 463 g/mol. The van der Waals surface area contributed by atoms with E-state index >= 15 is 0 Å². The number of alkyl halides is 6. The maximum absolute atomic E-state index is 13.2. The molecular formula is C21H19F6NO4. The predicted molar refractivity (Wildman–Crippen MR) is 99.0 cm³/mol. The lowest BCUT2D eigenvalue weighted by Crippen LogP contribution is -2.43. The molecule has 0 spiro atoms. The van der Waals surface area contributed by atoms with Gasteiger partial charge in [0.05, 0.1) is 29.9 Å². The van der Waals surface area contributed by atoms with E-state index < -0.39 is 41.9 Å². The molecule has 0 radical (unpaired) electrons. The molecule has 3 atom stereocenters. The second-order valence-electron chi connectivity index (χ2n) is 7.40. The zero-order valence-electron chi connectivity index (χ0n) is 16.7. The van der Waals surface area contributed by atoms with E-state index in [1.807, 2.05) is 0 Å². The molecule has 174 valence electrons. The molecule has 2 aliphatic heterocycles. The summed E-state index contributed by atoms with van der Waals surface area (Å²) in [5.74, 6) is 1.09. The van der Waals surface area contributed by atoms with Crippen LogP contribution < -0.4 is 14.8 Å². The highest BCUT2D eigenvalue weighted by Gasteiger charge is 2.38. The standard InChI is InChI=1S/C21H19F6NO4/c1-11(13-6-14(20(22,23)24)9-15(7-13)21(25,26)27)32-19-18(28-4-5-29-19)12-2-3-16-17(8-12)31-10-30-16/h2-3,6-9,11,18-19,28H,4-5,10H2,1H3/t11-,18+,19-/m1/s1. The molecule has 1 fully saturated rings. The van der Waals surface area contributed by atoms with Crippen LogP contribution in [0.15, 0.2) is 36.4 Å². The third kappa shape index (κ3) is 4.79. The van der Waals surface area contributed by atoms with Gasteiger partial charge in [-0.05, 0) is 48.4 Å². The summed E-state index contributed by atoms with van der Waals surface area (Å²) in [6.45, 7) is 2.20. The minimum Gasteiger partial charge on any atom is -0.454 e. The molecule has 5 nitrogen and oxygen atoms in total. The zero-order valence-corrected chi connectivity index (χ0v) is 16.7. The quantitative estimate of drug-likeness (QED) is 0.631. The van der Waals surface area contributed by atoms with Gasteiger partial charge in [-0.3, -0.25) is 0 Å². The topological polar surface area (TPSA) is 49.0 Å². The number of rotatable bonds is 4. The lowest BCUT2D eigenvalue weighted by molar-refractivity contribution is -0.200. The van der Waals surface area contributed by atoms with Gasteiger partial charge in [-0.2, -0.15) is 26.3 Å². The molecule has 11 heteroatoms. The van der Waals surface area contributed by atoms with E-state index in [4.69, 9.17) is 18.9 Å². The normalized spacial score (nSPS) is 22.1. The van der Waals surface area contributed by atoms with Crippen LogP contribution >= 0.6 is 0 Å². The molecule has 0 saturated carbocycles. The van der Waals surface area contributed by atoms with Crippen LogP contribution in [0.1, 0.15) is 41.3 Å². The number of hydrogen-bond acceptors (Lipinski definition) is 5. The number of benzene rings is 2. The van der Waals surface area contributed by atoms with E-state index in [1.165, 1.54) is 6.92 Å². The Hall–Kier alpha value is -2.50. The van der Waals surface area contributed by atoms with Crippen molar-refractivity contribution in [2.75, 3.05) is 19.9 Å². The van der Waals surface area contributed by atoms with Crippen LogP contribution in [0.5, 0.6) is 11.5 Å². The van der Waals surface area contributed by atoms with Crippen LogP contribution in [0, 0.1) is 0 Å². The van der Waals surface area contributed by atoms with Gasteiger partial charge in [-0.15, -0.1) is 0 Å². The highest BCUT2D eigenvalue weighted by molar-refractivity contribution is 5.45. The van der Waals surface area contributed by atoms with Crippen molar-refractivity contribution in [3.63, 3.8) is 0 Å². The summed E-state index contributed by atoms with van der Waals surface area (Å²) in [4.78, 5) is 0. The molecule has 0 amide bonds. The maximum Gasteiger partial charge on any atom is 0.416 e. The van der Waals surface area contributed by atoms with Crippen LogP contribution in [0.3, 0.4) is 0 Å².